The van der Waals surface area contributed by atoms with Gasteiger partial charge in [-0.2, -0.15) is 0 Å². The van der Waals surface area contributed by atoms with Gasteiger partial charge >= 0.3 is 0 Å². The average molecular weight is 248 g/mol. The summed E-state index contributed by atoms with van der Waals surface area (Å²) in [4.78, 5) is 0. The Hall–Kier alpha value is -1.38. The molecule has 0 radical (unpaired) electrons. The number of anilines is 2. The lowest BCUT2D eigenvalue weighted by Gasteiger charge is -2.25. The highest BCUT2D eigenvalue weighted by Crippen LogP contribution is 2.35. The van der Waals surface area contributed by atoms with Crippen molar-refractivity contribution in [2.75, 3.05) is 30.8 Å². The molecule has 1 aliphatic rings. The molecule has 0 bridgehead atoms. The zero-order valence-electron chi connectivity index (χ0n) is 11.8. The van der Waals surface area contributed by atoms with Crippen molar-refractivity contribution in [3.8, 4) is 5.75 Å². The SMILES string of the molecule is COc1cccc2c1NCC(CC(C)(C)C)CN2. The van der Waals surface area contributed by atoms with E-state index < -0.39 is 0 Å². The van der Waals surface area contributed by atoms with Gasteiger partial charge in [0.1, 0.15) is 11.4 Å². The van der Waals surface area contributed by atoms with Crippen LogP contribution >= 0.6 is 0 Å². The van der Waals surface area contributed by atoms with Gasteiger partial charge in [-0.1, -0.05) is 26.8 Å². The molecule has 2 N–H and O–H groups in total. The van der Waals surface area contributed by atoms with E-state index in [4.69, 9.17) is 4.74 Å². The molecule has 0 amide bonds. The van der Waals surface area contributed by atoms with Crippen LogP contribution in [0.4, 0.5) is 11.4 Å². The number of para-hydroxylation sites is 1. The number of methoxy groups -OCH3 is 1. The molecule has 3 nitrogen and oxygen atoms in total. The summed E-state index contributed by atoms with van der Waals surface area (Å²) in [6.45, 7) is 8.91. The minimum absolute atomic E-state index is 0.370. The summed E-state index contributed by atoms with van der Waals surface area (Å²) in [6.07, 6.45) is 1.21. The fourth-order valence-electron chi connectivity index (χ4n) is 2.61. The van der Waals surface area contributed by atoms with Crippen molar-refractivity contribution >= 4 is 11.4 Å². The topological polar surface area (TPSA) is 33.3 Å². The predicted octanol–water partition coefficient (Wildman–Crippen LogP) is 3.59. The molecule has 0 aliphatic carbocycles. The van der Waals surface area contributed by atoms with Crippen molar-refractivity contribution in [2.24, 2.45) is 11.3 Å². The van der Waals surface area contributed by atoms with Crippen molar-refractivity contribution in [3.63, 3.8) is 0 Å². The van der Waals surface area contributed by atoms with Crippen molar-refractivity contribution in [2.45, 2.75) is 27.2 Å². The molecule has 1 aromatic carbocycles. The largest absolute Gasteiger partial charge is 0.495 e. The third kappa shape index (κ3) is 3.09. The minimum Gasteiger partial charge on any atom is -0.495 e. The van der Waals surface area contributed by atoms with Gasteiger partial charge in [0.25, 0.3) is 0 Å². The second-order valence-electron chi connectivity index (χ2n) is 6.28. The molecule has 1 aromatic rings. The number of ether oxygens (including phenoxy) is 1. The van der Waals surface area contributed by atoms with Gasteiger partial charge in [-0.15, -0.1) is 0 Å². The molecule has 0 saturated heterocycles. The third-order valence-electron chi connectivity index (χ3n) is 3.30. The number of benzene rings is 1. The minimum atomic E-state index is 0.370. The molecule has 0 spiro atoms. The predicted molar refractivity (Wildman–Crippen MR) is 77.5 cm³/mol. The Kier molecular flexibility index (Phi) is 3.69. The Morgan fingerprint density at radius 3 is 2.61 bits per heavy atom. The maximum Gasteiger partial charge on any atom is 0.144 e. The Morgan fingerprint density at radius 2 is 1.94 bits per heavy atom. The highest BCUT2D eigenvalue weighted by atomic mass is 16.5. The fourth-order valence-corrected chi connectivity index (χ4v) is 2.61. The Labute approximate surface area is 110 Å². The van der Waals surface area contributed by atoms with Gasteiger partial charge in [0.15, 0.2) is 0 Å². The maximum atomic E-state index is 5.40. The number of nitrogens with one attached hydrogen (secondary N) is 2. The summed E-state index contributed by atoms with van der Waals surface area (Å²) >= 11 is 0. The second kappa shape index (κ2) is 5.09. The first-order valence-electron chi connectivity index (χ1n) is 6.64. The summed E-state index contributed by atoms with van der Waals surface area (Å²) in [5, 5.41) is 7.06. The van der Waals surface area contributed by atoms with E-state index in [9.17, 15) is 0 Å². The molecule has 0 aromatic heterocycles. The van der Waals surface area contributed by atoms with Gasteiger partial charge in [0.05, 0.1) is 12.8 Å². The van der Waals surface area contributed by atoms with Crippen LogP contribution in [0.15, 0.2) is 18.2 Å². The smallest absolute Gasteiger partial charge is 0.144 e. The van der Waals surface area contributed by atoms with E-state index in [1.165, 1.54) is 6.42 Å². The van der Waals surface area contributed by atoms with Gasteiger partial charge in [-0.05, 0) is 29.9 Å². The average Bonchev–Trinajstić information content (AvgIpc) is 2.50. The van der Waals surface area contributed by atoms with Gasteiger partial charge in [0.2, 0.25) is 0 Å². The second-order valence-corrected chi connectivity index (χ2v) is 6.28. The molecule has 2 rings (SSSR count). The van der Waals surface area contributed by atoms with E-state index >= 15 is 0 Å². The summed E-state index contributed by atoms with van der Waals surface area (Å²) in [5.41, 5.74) is 2.61. The molecule has 1 aliphatic heterocycles. The Balaban J connectivity index is 2.12. The first kappa shape index (κ1) is 13.1. The first-order chi connectivity index (χ1) is 8.49. The number of hydrogen-bond acceptors (Lipinski definition) is 3. The van der Waals surface area contributed by atoms with Crippen LogP contribution in [0.25, 0.3) is 0 Å². The molecule has 0 saturated carbocycles. The zero-order valence-corrected chi connectivity index (χ0v) is 11.8. The van der Waals surface area contributed by atoms with E-state index in [0.29, 0.717) is 11.3 Å². The molecule has 1 heterocycles. The van der Waals surface area contributed by atoms with E-state index in [1.54, 1.807) is 7.11 Å². The highest BCUT2D eigenvalue weighted by Gasteiger charge is 2.22. The maximum absolute atomic E-state index is 5.40. The van der Waals surface area contributed by atoms with Gasteiger partial charge < -0.3 is 15.4 Å². The lowest BCUT2D eigenvalue weighted by Crippen LogP contribution is -2.24. The molecule has 1 atom stereocenters. The standard InChI is InChI=1S/C15H24N2O/c1-15(2,3)8-11-9-16-12-6-5-7-13(18-4)14(12)17-10-11/h5-7,11,16-17H,8-10H2,1-4H3. The van der Waals surface area contributed by atoms with Gasteiger partial charge in [0, 0.05) is 13.1 Å². The molecule has 1 unspecified atom stereocenters. The number of hydrogen-bond donors (Lipinski definition) is 2. The van der Waals surface area contributed by atoms with E-state index in [-0.39, 0.29) is 0 Å². The monoisotopic (exact) mass is 248 g/mol. The quantitative estimate of drug-likeness (QED) is 0.839. The van der Waals surface area contributed by atoms with Crippen LogP contribution in [0.3, 0.4) is 0 Å². The van der Waals surface area contributed by atoms with Crippen LogP contribution in [-0.2, 0) is 0 Å². The van der Waals surface area contributed by atoms with Crippen molar-refractivity contribution in [3.05, 3.63) is 18.2 Å². The zero-order chi connectivity index (χ0) is 13.2. The molecule has 0 fully saturated rings. The molecule has 3 heteroatoms. The van der Waals surface area contributed by atoms with Crippen molar-refractivity contribution in [1.29, 1.82) is 0 Å². The molecular weight excluding hydrogens is 224 g/mol. The number of rotatable bonds is 2. The summed E-state index contributed by atoms with van der Waals surface area (Å²) < 4.78 is 5.40. The Morgan fingerprint density at radius 1 is 1.22 bits per heavy atom. The normalized spacial score (nSPS) is 19.2. The molecular formula is C15H24N2O. The first-order valence-corrected chi connectivity index (χ1v) is 6.64. The summed E-state index contributed by atoms with van der Waals surface area (Å²) in [7, 11) is 1.72. The molecule has 100 valence electrons. The lowest BCUT2D eigenvalue weighted by molar-refractivity contribution is 0.310. The Bertz CT molecular complexity index is 409. The van der Waals surface area contributed by atoms with Crippen molar-refractivity contribution < 1.29 is 4.74 Å². The summed E-state index contributed by atoms with van der Waals surface area (Å²) in [5.74, 6) is 1.55. The van der Waals surface area contributed by atoms with E-state index in [2.05, 4.69) is 37.5 Å². The van der Waals surface area contributed by atoms with Crippen LogP contribution in [-0.4, -0.2) is 20.2 Å². The fraction of sp³-hybridized carbons (Fsp3) is 0.600. The lowest BCUT2D eigenvalue weighted by atomic mass is 9.84. The van der Waals surface area contributed by atoms with Crippen LogP contribution in [0, 0.1) is 11.3 Å². The van der Waals surface area contributed by atoms with Crippen LogP contribution in [0.5, 0.6) is 5.75 Å². The van der Waals surface area contributed by atoms with Crippen LogP contribution < -0.4 is 15.4 Å². The molecule has 18 heavy (non-hydrogen) atoms. The van der Waals surface area contributed by atoms with Gasteiger partial charge in [-0.3, -0.25) is 0 Å². The third-order valence-corrected chi connectivity index (χ3v) is 3.30. The van der Waals surface area contributed by atoms with Crippen molar-refractivity contribution in [1.82, 2.24) is 0 Å². The van der Waals surface area contributed by atoms with E-state index in [1.807, 2.05) is 12.1 Å². The summed E-state index contributed by atoms with van der Waals surface area (Å²) in [6, 6.07) is 6.12. The van der Waals surface area contributed by atoms with Gasteiger partial charge in [-0.25, -0.2) is 0 Å². The number of fused-ring (bicyclic) bond motifs is 1. The van der Waals surface area contributed by atoms with Crippen LogP contribution in [0.1, 0.15) is 27.2 Å². The van der Waals surface area contributed by atoms with E-state index in [0.717, 1.165) is 30.2 Å². The highest BCUT2D eigenvalue weighted by molar-refractivity contribution is 5.76. The van der Waals surface area contributed by atoms with Crippen LogP contribution in [0.2, 0.25) is 0 Å².